The molecule has 0 radical (unpaired) electrons. The van der Waals surface area contributed by atoms with Crippen LogP contribution in [0.5, 0.6) is 0 Å². The Balaban J connectivity index is 0.00000140. The van der Waals surface area contributed by atoms with Gasteiger partial charge in [0.05, 0.1) is 17.2 Å². The van der Waals surface area contributed by atoms with E-state index in [1.807, 2.05) is 34.4 Å². The summed E-state index contributed by atoms with van der Waals surface area (Å²) in [5.74, 6) is 0.132. The fraction of sp³-hybridized carbons (Fsp3) is 0.500. The second-order valence-corrected chi connectivity index (χ2v) is 7.93. The number of H-pyrrole nitrogens is 1. The Morgan fingerprint density at radius 1 is 1.32 bits per heavy atom. The minimum Gasteiger partial charge on any atom is -0.357 e. The number of carbonyl (C=O) groups is 2. The van der Waals surface area contributed by atoms with E-state index in [0.717, 1.165) is 48.7 Å². The molecule has 2 amide bonds. The molecule has 10 heteroatoms. The van der Waals surface area contributed by atoms with E-state index >= 15 is 0 Å². The van der Waals surface area contributed by atoms with Crippen LogP contribution in [-0.2, 0) is 4.79 Å². The van der Waals surface area contributed by atoms with Gasteiger partial charge in [0, 0.05) is 49.4 Å². The van der Waals surface area contributed by atoms with E-state index in [1.54, 1.807) is 11.3 Å². The largest absolute Gasteiger partial charge is 0.357 e. The number of nitrogens with one attached hydrogen (secondary N) is 2. The third-order valence-corrected chi connectivity index (χ3v) is 5.85. The highest BCUT2D eigenvalue weighted by Crippen LogP contribution is 2.24. The molecule has 1 unspecified atom stereocenters. The number of likely N-dealkylation sites (tertiary alicyclic amines) is 1. The third-order valence-electron chi connectivity index (χ3n) is 5.08. The van der Waals surface area contributed by atoms with Crippen molar-refractivity contribution in [2.24, 2.45) is 0 Å². The summed E-state index contributed by atoms with van der Waals surface area (Å²) < 4.78 is 0. The van der Waals surface area contributed by atoms with Gasteiger partial charge in [-0.1, -0.05) is 0 Å². The molecule has 0 saturated carbocycles. The Morgan fingerprint density at radius 3 is 2.86 bits per heavy atom. The summed E-state index contributed by atoms with van der Waals surface area (Å²) in [7, 11) is 0. The number of carbonyl (C=O) groups excluding carboxylic acids is 2. The number of amides is 2. The summed E-state index contributed by atoms with van der Waals surface area (Å²) in [6, 6.07) is 1.99. The van der Waals surface area contributed by atoms with Crippen molar-refractivity contribution in [1.29, 1.82) is 0 Å². The minimum absolute atomic E-state index is 0. The number of thiazole rings is 1. The summed E-state index contributed by atoms with van der Waals surface area (Å²) >= 11 is 1.60. The van der Waals surface area contributed by atoms with Crippen LogP contribution in [0.1, 0.15) is 28.3 Å². The van der Waals surface area contributed by atoms with Crippen LogP contribution in [0.25, 0.3) is 11.3 Å². The molecule has 2 saturated heterocycles. The Bertz CT molecular complexity index is 825. The number of hydrogen-bond acceptors (Lipinski definition) is 5. The Morgan fingerprint density at radius 2 is 2.14 bits per heavy atom. The maximum atomic E-state index is 12.9. The Hall–Kier alpha value is -1.61. The van der Waals surface area contributed by atoms with E-state index in [9.17, 15) is 9.59 Å². The van der Waals surface area contributed by atoms with Gasteiger partial charge in [0.2, 0.25) is 5.91 Å². The number of nitrogens with zero attached hydrogens (tertiary/aromatic N) is 3. The lowest BCUT2D eigenvalue weighted by Gasteiger charge is -2.41. The molecule has 2 aromatic rings. The highest BCUT2D eigenvalue weighted by Gasteiger charge is 2.32. The second kappa shape index (κ2) is 9.73. The first-order valence-corrected chi connectivity index (χ1v) is 9.90. The molecular weight excluding hydrogens is 421 g/mol. The molecule has 154 valence electrons. The van der Waals surface area contributed by atoms with Crippen molar-refractivity contribution in [3.8, 4) is 11.3 Å². The first-order valence-electron chi connectivity index (χ1n) is 9.02. The zero-order chi connectivity index (χ0) is 18.1. The van der Waals surface area contributed by atoms with Crippen molar-refractivity contribution >= 4 is 48.0 Å². The molecule has 2 aliphatic rings. The quantitative estimate of drug-likeness (QED) is 0.759. The topological polar surface area (TPSA) is 81.3 Å². The van der Waals surface area contributed by atoms with Crippen LogP contribution >= 0.6 is 36.2 Å². The molecule has 2 N–H and O–H groups in total. The molecule has 0 aromatic carbocycles. The summed E-state index contributed by atoms with van der Waals surface area (Å²) in [6.45, 7) is 5.26. The van der Waals surface area contributed by atoms with E-state index < -0.39 is 0 Å². The average molecular weight is 446 g/mol. The van der Waals surface area contributed by atoms with E-state index in [-0.39, 0.29) is 42.7 Å². The molecule has 0 aliphatic carbocycles. The number of aryl methyl sites for hydroxylation is 1. The van der Waals surface area contributed by atoms with Gasteiger partial charge < -0.3 is 20.1 Å². The van der Waals surface area contributed by atoms with Crippen LogP contribution in [0.3, 0.4) is 0 Å². The Labute approximate surface area is 180 Å². The van der Waals surface area contributed by atoms with Gasteiger partial charge in [0.25, 0.3) is 5.91 Å². The predicted molar refractivity (Wildman–Crippen MR) is 115 cm³/mol. The maximum absolute atomic E-state index is 12.9. The second-order valence-electron chi connectivity index (χ2n) is 6.86. The zero-order valence-corrected chi connectivity index (χ0v) is 18.1. The van der Waals surface area contributed by atoms with Gasteiger partial charge in [-0.3, -0.25) is 9.59 Å². The maximum Gasteiger partial charge on any atom is 0.270 e. The van der Waals surface area contributed by atoms with Crippen molar-refractivity contribution in [3.05, 3.63) is 28.3 Å². The molecule has 28 heavy (non-hydrogen) atoms. The SMILES string of the molecule is Cc1nc(-c2c[nH]c(C(=O)N3CCCC(N4CCNCC4=O)C3)c2)cs1.Cl.Cl. The van der Waals surface area contributed by atoms with Gasteiger partial charge in [0.15, 0.2) is 0 Å². The van der Waals surface area contributed by atoms with Gasteiger partial charge in [-0.15, -0.1) is 36.2 Å². The molecule has 0 bridgehead atoms. The highest BCUT2D eigenvalue weighted by molar-refractivity contribution is 7.09. The number of aromatic nitrogens is 2. The molecule has 0 spiro atoms. The molecule has 2 aliphatic heterocycles. The highest BCUT2D eigenvalue weighted by atomic mass is 35.5. The molecule has 7 nitrogen and oxygen atoms in total. The van der Waals surface area contributed by atoms with Gasteiger partial charge in [-0.25, -0.2) is 4.98 Å². The molecule has 2 fully saturated rings. The number of rotatable bonds is 3. The normalized spacial score (nSPS) is 19.8. The van der Waals surface area contributed by atoms with Crippen LogP contribution in [0, 0.1) is 6.92 Å². The van der Waals surface area contributed by atoms with Crippen molar-refractivity contribution in [2.75, 3.05) is 32.7 Å². The van der Waals surface area contributed by atoms with E-state index in [1.165, 1.54) is 0 Å². The van der Waals surface area contributed by atoms with E-state index in [2.05, 4.69) is 15.3 Å². The lowest BCUT2D eigenvalue weighted by molar-refractivity contribution is -0.135. The van der Waals surface area contributed by atoms with Gasteiger partial charge >= 0.3 is 0 Å². The molecule has 4 heterocycles. The number of piperidine rings is 1. The number of aromatic amines is 1. The van der Waals surface area contributed by atoms with Gasteiger partial charge in [-0.2, -0.15) is 0 Å². The van der Waals surface area contributed by atoms with Crippen LogP contribution in [0.2, 0.25) is 0 Å². The van der Waals surface area contributed by atoms with Crippen molar-refractivity contribution in [2.45, 2.75) is 25.8 Å². The fourth-order valence-electron chi connectivity index (χ4n) is 3.73. The smallest absolute Gasteiger partial charge is 0.270 e. The van der Waals surface area contributed by atoms with Crippen molar-refractivity contribution in [3.63, 3.8) is 0 Å². The van der Waals surface area contributed by atoms with Crippen LogP contribution < -0.4 is 5.32 Å². The van der Waals surface area contributed by atoms with Crippen molar-refractivity contribution < 1.29 is 9.59 Å². The van der Waals surface area contributed by atoms with Gasteiger partial charge in [0.1, 0.15) is 5.69 Å². The van der Waals surface area contributed by atoms with E-state index in [0.29, 0.717) is 18.8 Å². The summed E-state index contributed by atoms with van der Waals surface area (Å²) in [5, 5.41) is 6.11. The predicted octanol–water partition coefficient (Wildman–Crippen LogP) is 2.33. The monoisotopic (exact) mass is 445 g/mol. The summed E-state index contributed by atoms with van der Waals surface area (Å²) in [4.78, 5) is 36.4. The lowest BCUT2D eigenvalue weighted by Crippen LogP contribution is -2.57. The molecule has 4 rings (SSSR count). The molecule has 2 aromatic heterocycles. The molecule has 1 atom stereocenters. The Kier molecular flexibility index (Phi) is 7.88. The average Bonchev–Trinajstić information content (AvgIpc) is 3.30. The van der Waals surface area contributed by atoms with E-state index in [4.69, 9.17) is 0 Å². The first-order chi connectivity index (χ1) is 12.6. The molecular formula is C18H25Cl2N5O2S. The lowest BCUT2D eigenvalue weighted by atomic mass is 10.0. The van der Waals surface area contributed by atoms with Crippen LogP contribution in [0.15, 0.2) is 17.6 Å². The summed E-state index contributed by atoms with van der Waals surface area (Å²) in [6.07, 6.45) is 3.72. The standard InChI is InChI=1S/C18H23N5O2S.2ClH/c1-12-21-16(11-26-12)13-7-15(20-8-13)18(25)22-5-2-3-14(10-22)23-6-4-19-9-17(23)24;;/h7-8,11,14,19-20H,2-6,9-10H2,1H3;2*1H. The van der Waals surface area contributed by atoms with Gasteiger partial charge in [-0.05, 0) is 25.8 Å². The number of halogens is 2. The first kappa shape index (κ1) is 22.7. The fourth-order valence-corrected chi connectivity index (χ4v) is 4.35. The van der Waals surface area contributed by atoms with Crippen LogP contribution in [0.4, 0.5) is 0 Å². The summed E-state index contributed by atoms with van der Waals surface area (Å²) in [5.41, 5.74) is 2.41. The number of hydrogen-bond donors (Lipinski definition) is 2. The van der Waals surface area contributed by atoms with Crippen molar-refractivity contribution in [1.82, 2.24) is 25.1 Å². The third kappa shape index (κ3) is 4.68. The zero-order valence-electron chi connectivity index (χ0n) is 15.6. The number of piperazine rings is 1. The minimum atomic E-state index is -0.00418. The van der Waals surface area contributed by atoms with Crippen LogP contribution in [-0.4, -0.2) is 70.3 Å².